The van der Waals surface area contributed by atoms with Crippen LogP contribution in [0.25, 0.3) is 10.6 Å². The van der Waals surface area contributed by atoms with Crippen molar-refractivity contribution in [1.29, 1.82) is 0 Å². The summed E-state index contributed by atoms with van der Waals surface area (Å²) in [6.45, 7) is 7.87. The summed E-state index contributed by atoms with van der Waals surface area (Å²) >= 11 is 1.08. The van der Waals surface area contributed by atoms with Crippen LogP contribution in [0, 0.1) is 0 Å². The maximum atomic E-state index is 12.5. The molecule has 0 saturated carbocycles. The fourth-order valence-corrected chi connectivity index (χ4v) is 2.45. The molecular weight excluding hydrogens is 358 g/mol. The van der Waals surface area contributed by atoms with Crippen LogP contribution in [0.1, 0.15) is 68.6 Å². The molecule has 1 heterocycles. The number of amides is 1. The number of nitrogens with zero attached hydrogens (tertiary/aromatic N) is 1. The van der Waals surface area contributed by atoms with Gasteiger partial charge in [-0.05, 0) is 19.4 Å². The van der Waals surface area contributed by atoms with E-state index in [1.807, 2.05) is 6.92 Å². The van der Waals surface area contributed by atoms with Gasteiger partial charge >= 0.3 is 0 Å². The Labute approximate surface area is 157 Å². The number of carbonyl (C=O) groups is 2. The Morgan fingerprint density at radius 2 is 1.85 bits per heavy atom. The third kappa shape index (κ3) is 9.36. The zero-order valence-electron chi connectivity index (χ0n) is 15.6. The number of carbonyl (C=O) groups excluding carboxylic acids is 2. The Bertz CT molecular complexity index is 688. The molecule has 2 rings (SSSR count). The zero-order valence-corrected chi connectivity index (χ0v) is 16.4. The van der Waals surface area contributed by atoms with Crippen LogP contribution >= 0.6 is 11.3 Å². The first kappa shape index (κ1) is 23.9. The number of benzene rings is 1. The van der Waals surface area contributed by atoms with Gasteiger partial charge in [0.15, 0.2) is 0 Å². The van der Waals surface area contributed by atoms with Crippen LogP contribution in [-0.2, 0) is 4.79 Å². The third-order valence-corrected chi connectivity index (χ3v) is 3.80. The number of thiazole rings is 1. The lowest BCUT2D eigenvalue weighted by atomic mass is 10.1. The van der Waals surface area contributed by atoms with Gasteiger partial charge in [0, 0.05) is 17.5 Å². The van der Waals surface area contributed by atoms with Crippen molar-refractivity contribution in [3.05, 3.63) is 40.9 Å². The number of halogens is 2. The second kappa shape index (κ2) is 13.1. The molecular formula is C19H26F2N2O2S. The second-order valence-electron chi connectivity index (χ2n) is 5.48. The fourth-order valence-electron chi connectivity index (χ4n) is 1.68. The molecule has 0 radical (unpaired) electrons. The molecule has 2 N–H and O–H groups in total. The highest BCUT2D eigenvalue weighted by Crippen LogP contribution is 2.28. The number of hydrogen-bond donors (Lipinski definition) is 1. The molecule has 7 heteroatoms. The monoisotopic (exact) mass is 384 g/mol. The number of hydrogen-bond acceptors (Lipinski definition) is 4. The Morgan fingerprint density at radius 1 is 1.23 bits per heavy atom. The summed E-state index contributed by atoms with van der Waals surface area (Å²) in [5.41, 5.74) is 5.58. The van der Waals surface area contributed by atoms with Crippen LogP contribution in [0.3, 0.4) is 0 Å². The molecule has 0 fully saturated rings. The van der Waals surface area contributed by atoms with Gasteiger partial charge in [-0.2, -0.15) is 0 Å². The summed E-state index contributed by atoms with van der Waals surface area (Å²) in [7, 11) is 0. The average molecular weight is 384 g/mol. The summed E-state index contributed by atoms with van der Waals surface area (Å²) in [6.07, 6.45) is 1.79. The lowest BCUT2D eigenvalue weighted by Crippen LogP contribution is -2.08. The highest BCUT2D eigenvalue weighted by Gasteiger charge is 2.11. The second-order valence-corrected chi connectivity index (χ2v) is 6.51. The molecule has 0 atom stereocenters. The molecule has 1 amide bonds. The summed E-state index contributed by atoms with van der Waals surface area (Å²) in [5, 5.41) is 0.501. The molecule has 0 saturated heterocycles. The van der Waals surface area contributed by atoms with Crippen LogP contribution in [0.2, 0.25) is 0 Å². The maximum absolute atomic E-state index is 12.5. The molecule has 0 unspecified atom stereocenters. The van der Waals surface area contributed by atoms with Crippen LogP contribution < -0.4 is 5.73 Å². The minimum Gasteiger partial charge on any atom is -0.365 e. The number of rotatable bonds is 5. The van der Waals surface area contributed by atoms with Crippen molar-refractivity contribution in [1.82, 2.24) is 4.98 Å². The van der Waals surface area contributed by atoms with E-state index in [-0.39, 0.29) is 11.3 Å². The van der Waals surface area contributed by atoms with Crippen molar-refractivity contribution < 1.29 is 18.4 Å². The normalized spacial score (nSPS) is 9.65. The molecule has 1 aromatic carbocycles. The SMILES string of the molecule is CCC.CCCC(C)=O.NC(=O)c1cnc(-c2cccc(C(F)F)c2)s1. The van der Waals surface area contributed by atoms with Gasteiger partial charge in [0.05, 0.1) is 6.20 Å². The lowest BCUT2D eigenvalue weighted by Gasteiger charge is -2.01. The molecule has 1 aromatic heterocycles. The lowest BCUT2D eigenvalue weighted by molar-refractivity contribution is -0.117. The summed E-state index contributed by atoms with van der Waals surface area (Å²) in [6, 6.07) is 5.89. The van der Waals surface area contributed by atoms with E-state index in [2.05, 4.69) is 18.8 Å². The average Bonchev–Trinajstić information content (AvgIpc) is 3.06. The van der Waals surface area contributed by atoms with Gasteiger partial charge in [-0.25, -0.2) is 13.8 Å². The molecule has 0 bridgehead atoms. The van der Waals surface area contributed by atoms with Gasteiger partial charge in [0.25, 0.3) is 12.3 Å². The number of Topliss-reactive ketones (excluding diaryl/α,β-unsaturated/α-hetero) is 1. The number of primary amides is 1. The Balaban J connectivity index is 0.000000584. The molecule has 144 valence electrons. The Hall–Kier alpha value is -2.15. The molecule has 0 aliphatic carbocycles. The summed E-state index contributed by atoms with van der Waals surface area (Å²) < 4.78 is 25.0. The maximum Gasteiger partial charge on any atom is 0.263 e. The number of nitrogens with two attached hydrogens (primary N) is 1. The molecule has 0 aliphatic heterocycles. The van der Waals surface area contributed by atoms with Crippen LogP contribution in [0.4, 0.5) is 8.78 Å². The van der Waals surface area contributed by atoms with E-state index in [4.69, 9.17) is 5.73 Å². The van der Waals surface area contributed by atoms with Crippen LogP contribution in [-0.4, -0.2) is 16.7 Å². The van der Waals surface area contributed by atoms with Crippen LogP contribution in [0.15, 0.2) is 30.5 Å². The predicted molar refractivity (Wildman–Crippen MR) is 103 cm³/mol. The first-order valence-electron chi connectivity index (χ1n) is 8.40. The smallest absolute Gasteiger partial charge is 0.263 e. The Morgan fingerprint density at radius 3 is 2.23 bits per heavy atom. The van der Waals surface area contributed by atoms with Gasteiger partial charge in [0.2, 0.25) is 0 Å². The van der Waals surface area contributed by atoms with Gasteiger partial charge in [0.1, 0.15) is 15.7 Å². The third-order valence-electron chi connectivity index (χ3n) is 2.74. The standard InChI is InChI=1S/C11H8F2N2OS.C5H10O.C3H8/c12-9(13)6-2-1-3-7(4-6)11-15-5-8(17-11)10(14)16;1-3-4-5(2)6;1-3-2/h1-5,9H,(H2,14,16);3-4H2,1-2H3;3H2,1-2H3. The van der Waals surface area contributed by atoms with Crippen molar-refractivity contribution in [2.24, 2.45) is 5.73 Å². The van der Waals surface area contributed by atoms with E-state index in [1.165, 1.54) is 30.8 Å². The predicted octanol–water partition coefficient (Wildman–Crippen LogP) is 5.64. The number of aromatic nitrogens is 1. The fraction of sp³-hybridized carbons (Fsp3) is 0.421. The molecule has 0 spiro atoms. The first-order chi connectivity index (χ1) is 12.3. The molecule has 2 aromatic rings. The van der Waals surface area contributed by atoms with E-state index in [9.17, 15) is 18.4 Å². The zero-order chi connectivity index (χ0) is 20.1. The highest BCUT2D eigenvalue weighted by atomic mass is 32.1. The summed E-state index contributed by atoms with van der Waals surface area (Å²) in [5.74, 6) is -0.281. The minimum absolute atomic E-state index is 0.0710. The number of ketones is 1. The van der Waals surface area contributed by atoms with Gasteiger partial charge in [-0.15, -0.1) is 11.3 Å². The van der Waals surface area contributed by atoms with Crippen molar-refractivity contribution >= 4 is 23.0 Å². The van der Waals surface area contributed by atoms with Crippen molar-refractivity contribution in [2.45, 2.75) is 53.4 Å². The molecule has 26 heavy (non-hydrogen) atoms. The van der Waals surface area contributed by atoms with E-state index in [1.54, 1.807) is 13.0 Å². The molecule has 4 nitrogen and oxygen atoms in total. The highest BCUT2D eigenvalue weighted by molar-refractivity contribution is 7.16. The first-order valence-corrected chi connectivity index (χ1v) is 9.21. The topological polar surface area (TPSA) is 73.1 Å². The van der Waals surface area contributed by atoms with Gasteiger partial charge in [-0.3, -0.25) is 4.79 Å². The Kier molecular flexibility index (Phi) is 12.0. The van der Waals surface area contributed by atoms with Crippen molar-refractivity contribution in [2.75, 3.05) is 0 Å². The van der Waals surface area contributed by atoms with E-state index in [0.717, 1.165) is 24.2 Å². The van der Waals surface area contributed by atoms with Gasteiger partial charge in [-0.1, -0.05) is 45.4 Å². The minimum atomic E-state index is -2.52. The van der Waals surface area contributed by atoms with Crippen molar-refractivity contribution in [3.8, 4) is 10.6 Å². The quantitative estimate of drug-likeness (QED) is 0.725. The largest absolute Gasteiger partial charge is 0.365 e. The van der Waals surface area contributed by atoms with E-state index < -0.39 is 12.3 Å². The number of alkyl halides is 2. The summed E-state index contributed by atoms with van der Waals surface area (Å²) in [4.78, 5) is 25.2. The van der Waals surface area contributed by atoms with E-state index >= 15 is 0 Å². The van der Waals surface area contributed by atoms with E-state index in [0.29, 0.717) is 15.4 Å². The van der Waals surface area contributed by atoms with Crippen molar-refractivity contribution in [3.63, 3.8) is 0 Å². The molecule has 0 aliphatic rings. The van der Waals surface area contributed by atoms with Gasteiger partial charge < -0.3 is 10.5 Å². The van der Waals surface area contributed by atoms with Crippen LogP contribution in [0.5, 0.6) is 0 Å².